The summed E-state index contributed by atoms with van der Waals surface area (Å²) in [4.78, 5) is 18.0. The second-order valence-electron chi connectivity index (χ2n) is 10.8. The first-order valence-corrected chi connectivity index (χ1v) is 13.7. The molecule has 4 heterocycles. The number of anilines is 1. The molecule has 224 valence electrons. The SMILES string of the molecule is COC(=O)c1cnc(N2C3CCC2CC(OCc2c(-c4ccccc4OC(F)F)noc2C2CC2)C3)cc1C(F)(F)F. The molecule has 13 heteroatoms. The molecular formula is C29H28F5N3O5. The molecule has 1 saturated carbocycles. The van der Waals surface area contributed by atoms with Gasteiger partial charge < -0.3 is 23.6 Å². The lowest BCUT2D eigenvalue weighted by Crippen LogP contribution is -2.46. The number of pyridine rings is 1. The number of benzene rings is 1. The third-order valence-electron chi connectivity index (χ3n) is 8.14. The smallest absolute Gasteiger partial charge is 0.417 e. The van der Waals surface area contributed by atoms with Crippen LogP contribution in [0.4, 0.5) is 27.8 Å². The standard InChI is InChI=1S/C29H28F5N3O5/c1-39-27(38)20-13-35-24(12-22(20)29(32,33)34)37-16-8-9-17(37)11-18(10-16)40-14-21-25(36-42-26(21)15-6-7-15)19-4-2-3-5-23(19)41-28(30)31/h2-5,12-13,15-18,28H,6-11,14H2,1H3. The van der Waals surface area contributed by atoms with E-state index in [1.165, 1.54) is 6.07 Å². The fourth-order valence-electron chi connectivity index (χ4n) is 6.13. The van der Waals surface area contributed by atoms with Gasteiger partial charge >= 0.3 is 18.8 Å². The summed E-state index contributed by atoms with van der Waals surface area (Å²) in [5.41, 5.74) is -0.254. The minimum absolute atomic E-state index is 0.0142. The summed E-state index contributed by atoms with van der Waals surface area (Å²) >= 11 is 0. The second kappa shape index (κ2) is 11.2. The van der Waals surface area contributed by atoms with Crippen molar-refractivity contribution in [3.05, 3.63) is 59.0 Å². The van der Waals surface area contributed by atoms with Crippen LogP contribution in [0.5, 0.6) is 5.75 Å². The zero-order valence-corrected chi connectivity index (χ0v) is 22.6. The Labute approximate surface area is 237 Å². The number of esters is 1. The Hall–Kier alpha value is -3.74. The van der Waals surface area contributed by atoms with Crippen molar-refractivity contribution >= 4 is 11.8 Å². The number of piperidine rings is 1. The number of halogens is 5. The molecule has 2 bridgehead atoms. The molecule has 2 atom stereocenters. The van der Waals surface area contributed by atoms with Crippen molar-refractivity contribution in [3.8, 4) is 17.0 Å². The first-order valence-electron chi connectivity index (χ1n) is 13.7. The number of para-hydroxylation sites is 1. The van der Waals surface area contributed by atoms with Gasteiger partial charge in [-0.15, -0.1) is 0 Å². The molecule has 2 saturated heterocycles. The number of rotatable bonds is 9. The van der Waals surface area contributed by atoms with E-state index in [-0.39, 0.29) is 42.3 Å². The van der Waals surface area contributed by atoms with E-state index < -0.39 is 29.9 Å². The molecule has 0 N–H and O–H groups in total. The van der Waals surface area contributed by atoms with Gasteiger partial charge in [-0.1, -0.05) is 17.3 Å². The molecule has 0 radical (unpaired) electrons. The van der Waals surface area contributed by atoms with E-state index in [0.717, 1.165) is 45.1 Å². The monoisotopic (exact) mass is 593 g/mol. The third-order valence-corrected chi connectivity index (χ3v) is 8.14. The molecule has 8 nitrogen and oxygen atoms in total. The number of hydrogen-bond acceptors (Lipinski definition) is 8. The fraction of sp³-hybridized carbons (Fsp3) is 0.483. The summed E-state index contributed by atoms with van der Waals surface area (Å²) in [5, 5.41) is 4.21. The first-order chi connectivity index (χ1) is 20.1. The molecule has 6 rings (SSSR count). The van der Waals surface area contributed by atoms with Crippen LogP contribution in [0, 0.1) is 0 Å². The summed E-state index contributed by atoms with van der Waals surface area (Å²) in [6.45, 7) is -2.86. The zero-order chi connectivity index (χ0) is 29.6. The Morgan fingerprint density at radius 2 is 1.83 bits per heavy atom. The normalized spacial score (nSPS) is 22.1. The van der Waals surface area contributed by atoms with Crippen LogP contribution in [0.3, 0.4) is 0 Å². The van der Waals surface area contributed by atoms with Crippen molar-refractivity contribution in [2.45, 2.75) is 82.0 Å². The molecule has 0 spiro atoms. The largest absolute Gasteiger partial charge is 0.465 e. The van der Waals surface area contributed by atoms with Gasteiger partial charge in [-0.05, 0) is 56.7 Å². The number of ether oxygens (including phenoxy) is 3. The van der Waals surface area contributed by atoms with Crippen LogP contribution in [0.15, 0.2) is 41.1 Å². The van der Waals surface area contributed by atoms with E-state index >= 15 is 0 Å². The van der Waals surface area contributed by atoms with E-state index in [4.69, 9.17) is 14.0 Å². The molecule has 2 aromatic heterocycles. The van der Waals surface area contributed by atoms with Crippen LogP contribution >= 0.6 is 0 Å². The molecule has 3 aromatic rings. The molecular weight excluding hydrogens is 565 g/mol. The molecule has 2 unspecified atom stereocenters. The number of methoxy groups -OCH3 is 1. The number of hydrogen-bond donors (Lipinski definition) is 0. The highest BCUT2D eigenvalue weighted by molar-refractivity contribution is 5.91. The van der Waals surface area contributed by atoms with Crippen LogP contribution < -0.4 is 9.64 Å². The highest BCUT2D eigenvalue weighted by Gasteiger charge is 2.44. The maximum Gasteiger partial charge on any atom is 0.417 e. The van der Waals surface area contributed by atoms with E-state index in [1.54, 1.807) is 18.2 Å². The summed E-state index contributed by atoms with van der Waals surface area (Å²) in [5.74, 6) is -0.0909. The molecule has 42 heavy (non-hydrogen) atoms. The van der Waals surface area contributed by atoms with Crippen molar-refractivity contribution in [1.82, 2.24) is 10.1 Å². The van der Waals surface area contributed by atoms with Crippen LogP contribution in [0.2, 0.25) is 0 Å². The maximum absolute atomic E-state index is 13.8. The van der Waals surface area contributed by atoms with Crippen LogP contribution in [0.25, 0.3) is 11.3 Å². The van der Waals surface area contributed by atoms with E-state index in [0.29, 0.717) is 35.4 Å². The topological polar surface area (TPSA) is 86.9 Å². The number of alkyl halides is 5. The maximum atomic E-state index is 13.8. The Balaban J connectivity index is 1.20. The molecule has 1 aliphatic carbocycles. The minimum atomic E-state index is -4.75. The molecule has 0 amide bonds. The van der Waals surface area contributed by atoms with E-state index in [9.17, 15) is 26.7 Å². The van der Waals surface area contributed by atoms with Crippen LogP contribution in [0.1, 0.15) is 71.7 Å². The second-order valence-corrected chi connectivity index (χ2v) is 10.8. The molecule has 1 aromatic carbocycles. The number of fused-ring (bicyclic) bond motifs is 2. The first kappa shape index (κ1) is 28.4. The highest BCUT2D eigenvalue weighted by Crippen LogP contribution is 2.46. The summed E-state index contributed by atoms with van der Waals surface area (Å²) in [6, 6.07) is 7.10. The van der Waals surface area contributed by atoms with Crippen LogP contribution in [-0.4, -0.2) is 48.0 Å². The lowest BCUT2D eigenvalue weighted by molar-refractivity contribution is -0.138. The van der Waals surface area contributed by atoms with Gasteiger partial charge in [0, 0.05) is 35.3 Å². The van der Waals surface area contributed by atoms with Crippen molar-refractivity contribution < 1.29 is 45.5 Å². The summed E-state index contributed by atoms with van der Waals surface area (Å²) < 4.78 is 88.8. The third kappa shape index (κ3) is 5.53. The number of carbonyl (C=O) groups excluding carboxylic acids is 1. The van der Waals surface area contributed by atoms with Crippen molar-refractivity contribution in [3.63, 3.8) is 0 Å². The van der Waals surface area contributed by atoms with Crippen molar-refractivity contribution in [2.24, 2.45) is 0 Å². The number of aromatic nitrogens is 2. The number of carbonyl (C=O) groups is 1. The van der Waals surface area contributed by atoms with Crippen LogP contribution in [-0.2, 0) is 22.3 Å². The predicted octanol–water partition coefficient (Wildman–Crippen LogP) is 6.74. The molecule has 2 aliphatic heterocycles. The summed E-state index contributed by atoms with van der Waals surface area (Å²) in [6.07, 6.45) is 0.475. The van der Waals surface area contributed by atoms with Gasteiger partial charge in [0.2, 0.25) is 0 Å². The Morgan fingerprint density at radius 1 is 1.12 bits per heavy atom. The number of nitrogens with zero attached hydrogens (tertiary/aromatic N) is 3. The van der Waals surface area contributed by atoms with E-state index in [2.05, 4.69) is 14.9 Å². The van der Waals surface area contributed by atoms with Gasteiger partial charge in [-0.2, -0.15) is 22.0 Å². The van der Waals surface area contributed by atoms with Gasteiger partial charge in [0.1, 0.15) is 23.0 Å². The Kier molecular flexibility index (Phi) is 7.54. The summed E-state index contributed by atoms with van der Waals surface area (Å²) in [7, 11) is 1.02. The average molecular weight is 594 g/mol. The lowest BCUT2D eigenvalue weighted by Gasteiger charge is -2.40. The molecule has 3 aliphatic rings. The predicted molar refractivity (Wildman–Crippen MR) is 138 cm³/mol. The van der Waals surface area contributed by atoms with Gasteiger partial charge in [-0.25, -0.2) is 9.78 Å². The lowest BCUT2D eigenvalue weighted by atomic mass is 9.98. The highest BCUT2D eigenvalue weighted by atomic mass is 19.4. The zero-order valence-electron chi connectivity index (χ0n) is 22.6. The van der Waals surface area contributed by atoms with Gasteiger partial charge in [-0.3, -0.25) is 0 Å². The van der Waals surface area contributed by atoms with Gasteiger partial charge in [0.15, 0.2) is 0 Å². The van der Waals surface area contributed by atoms with Gasteiger partial charge in [0.25, 0.3) is 0 Å². The quantitative estimate of drug-likeness (QED) is 0.199. The minimum Gasteiger partial charge on any atom is -0.465 e. The average Bonchev–Trinajstić information content (AvgIpc) is 3.66. The molecule has 3 fully saturated rings. The van der Waals surface area contributed by atoms with Crippen molar-refractivity contribution in [1.29, 1.82) is 0 Å². The van der Waals surface area contributed by atoms with Crippen molar-refractivity contribution in [2.75, 3.05) is 12.0 Å². The van der Waals surface area contributed by atoms with E-state index in [1.807, 2.05) is 4.90 Å². The van der Waals surface area contributed by atoms with Gasteiger partial charge in [0.05, 0.1) is 30.9 Å². The Morgan fingerprint density at radius 3 is 2.48 bits per heavy atom. The Bertz CT molecular complexity index is 1440. The fourth-order valence-corrected chi connectivity index (χ4v) is 6.13.